The number of sulfonamides is 1. The molecule has 0 radical (unpaired) electrons. The Morgan fingerprint density at radius 1 is 1.10 bits per heavy atom. The monoisotopic (exact) mass is 430 g/mol. The second-order valence-electron chi connectivity index (χ2n) is 6.79. The van der Waals surface area contributed by atoms with Gasteiger partial charge in [-0.1, -0.05) is 24.3 Å². The van der Waals surface area contributed by atoms with Gasteiger partial charge in [0.25, 0.3) is 10.0 Å². The van der Waals surface area contributed by atoms with E-state index in [2.05, 4.69) is 5.32 Å². The molecule has 0 unspecified atom stereocenters. The number of hydrogen-bond donors (Lipinski definition) is 1. The summed E-state index contributed by atoms with van der Waals surface area (Å²) in [6, 6.07) is 14.7. The topological polar surface area (TPSA) is 79.6 Å². The smallest absolute Gasteiger partial charge is 0.265 e. The van der Waals surface area contributed by atoms with E-state index in [0.717, 1.165) is 28.0 Å². The largest absolute Gasteiger partial charge is 0.468 e. The summed E-state index contributed by atoms with van der Waals surface area (Å²) in [7, 11) is -3.55. The molecule has 0 saturated heterocycles. The molecular formula is C21H22N2O4S2. The molecule has 1 aliphatic rings. The highest BCUT2D eigenvalue weighted by Crippen LogP contribution is 2.41. The Balaban J connectivity index is 1.25. The highest BCUT2D eigenvalue weighted by atomic mass is 32.2. The Hall–Kier alpha value is -2.45. The molecule has 0 fully saturated rings. The summed E-state index contributed by atoms with van der Waals surface area (Å²) in [6.07, 6.45) is 2.41. The maximum Gasteiger partial charge on any atom is 0.265 e. The number of carbonyl (C=O) groups is 1. The lowest BCUT2D eigenvalue weighted by Crippen LogP contribution is -2.30. The van der Waals surface area contributed by atoms with Gasteiger partial charge in [-0.15, -0.1) is 0 Å². The molecule has 8 heteroatoms. The number of carbonyl (C=O) groups excluding carboxylic acids is 1. The third-order valence-electron chi connectivity index (χ3n) is 4.84. The lowest BCUT2D eigenvalue weighted by atomic mass is 10.1. The van der Waals surface area contributed by atoms with Crippen LogP contribution in [0.5, 0.6) is 0 Å². The van der Waals surface area contributed by atoms with Crippen molar-refractivity contribution in [3.8, 4) is 0 Å². The number of anilines is 1. The predicted molar refractivity (Wildman–Crippen MR) is 116 cm³/mol. The molecule has 0 bridgehead atoms. The van der Waals surface area contributed by atoms with Crippen molar-refractivity contribution >= 4 is 44.2 Å². The molecule has 1 amide bonds. The van der Waals surface area contributed by atoms with Crippen LogP contribution in [-0.4, -0.2) is 33.2 Å². The number of rotatable bonds is 9. The molecule has 2 heterocycles. The molecule has 0 saturated carbocycles. The predicted octanol–water partition coefficient (Wildman–Crippen LogP) is 3.77. The van der Waals surface area contributed by atoms with E-state index in [1.54, 1.807) is 30.2 Å². The van der Waals surface area contributed by atoms with Crippen molar-refractivity contribution in [1.29, 1.82) is 0 Å². The minimum atomic E-state index is -3.55. The molecule has 0 atom stereocenters. The molecule has 1 N–H and O–H groups in total. The SMILES string of the molecule is O=C(CCCN1c2cccc3cccc(c23)S1(=O)=O)NCCSCc1ccco1. The van der Waals surface area contributed by atoms with Crippen LogP contribution >= 0.6 is 11.8 Å². The lowest BCUT2D eigenvalue weighted by Gasteiger charge is -2.18. The third kappa shape index (κ3) is 4.13. The van der Waals surface area contributed by atoms with E-state index in [1.165, 1.54) is 4.31 Å². The average molecular weight is 431 g/mol. The van der Waals surface area contributed by atoms with Gasteiger partial charge >= 0.3 is 0 Å². The highest BCUT2D eigenvalue weighted by molar-refractivity contribution is 7.98. The molecule has 0 spiro atoms. The van der Waals surface area contributed by atoms with E-state index in [-0.39, 0.29) is 12.5 Å². The molecule has 29 heavy (non-hydrogen) atoms. The number of thioether (sulfide) groups is 1. The van der Waals surface area contributed by atoms with Crippen molar-refractivity contribution in [3.63, 3.8) is 0 Å². The van der Waals surface area contributed by atoms with E-state index < -0.39 is 10.0 Å². The molecule has 1 aliphatic heterocycles. The van der Waals surface area contributed by atoms with Gasteiger partial charge < -0.3 is 9.73 Å². The Labute approximate surface area is 174 Å². The van der Waals surface area contributed by atoms with Gasteiger partial charge in [0.15, 0.2) is 0 Å². The van der Waals surface area contributed by atoms with E-state index in [9.17, 15) is 13.2 Å². The van der Waals surface area contributed by atoms with Gasteiger partial charge in [-0.05, 0) is 36.1 Å². The van der Waals surface area contributed by atoms with Crippen LogP contribution in [0.15, 0.2) is 64.1 Å². The lowest BCUT2D eigenvalue weighted by molar-refractivity contribution is -0.121. The maximum atomic E-state index is 12.9. The quantitative estimate of drug-likeness (QED) is 0.523. The van der Waals surface area contributed by atoms with Crippen LogP contribution in [0.25, 0.3) is 10.8 Å². The van der Waals surface area contributed by atoms with Crippen LogP contribution in [0.4, 0.5) is 5.69 Å². The van der Waals surface area contributed by atoms with Crippen LogP contribution in [0.2, 0.25) is 0 Å². The Morgan fingerprint density at radius 3 is 2.72 bits per heavy atom. The second kappa shape index (κ2) is 8.51. The van der Waals surface area contributed by atoms with Crippen molar-refractivity contribution in [2.45, 2.75) is 23.5 Å². The standard InChI is InChI=1S/C21H22N2O4S2/c24-20(22-11-14-28-15-17-7-4-13-27-17)10-3-12-23-18-8-1-5-16-6-2-9-19(21(16)18)29(23,25)26/h1-2,4-9,13H,3,10-12,14-15H2,(H,22,24). The summed E-state index contributed by atoms with van der Waals surface area (Å²) in [5, 5.41) is 4.57. The number of benzene rings is 2. The van der Waals surface area contributed by atoms with Gasteiger partial charge in [-0.25, -0.2) is 8.42 Å². The Morgan fingerprint density at radius 2 is 1.93 bits per heavy atom. The zero-order valence-electron chi connectivity index (χ0n) is 15.8. The zero-order chi connectivity index (χ0) is 20.3. The first kappa shape index (κ1) is 19.8. The van der Waals surface area contributed by atoms with Crippen molar-refractivity contribution in [3.05, 3.63) is 60.6 Å². The normalized spacial score (nSPS) is 14.4. The fraction of sp³-hybridized carbons (Fsp3) is 0.286. The first-order valence-corrected chi connectivity index (χ1v) is 12.1. The second-order valence-corrected chi connectivity index (χ2v) is 9.73. The Bertz CT molecular complexity index is 1110. The maximum absolute atomic E-state index is 12.9. The van der Waals surface area contributed by atoms with E-state index in [0.29, 0.717) is 30.0 Å². The number of hydrogen-bond acceptors (Lipinski definition) is 5. The zero-order valence-corrected chi connectivity index (χ0v) is 17.5. The minimum absolute atomic E-state index is 0.0593. The van der Waals surface area contributed by atoms with Gasteiger partial charge in [0.05, 0.1) is 22.6 Å². The fourth-order valence-corrected chi connectivity index (χ4v) is 6.01. The third-order valence-corrected chi connectivity index (χ3v) is 7.68. The molecule has 2 aromatic carbocycles. The average Bonchev–Trinajstić information content (AvgIpc) is 3.30. The number of nitrogens with zero attached hydrogens (tertiary/aromatic N) is 1. The van der Waals surface area contributed by atoms with E-state index in [4.69, 9.17) is 4.42 Å². The van der Waals surface area contributed by atoms with Gasteiger partial charge in [-0.3, -0.25) is 9.10 Å². The van der Waals surface area contributed by atoms with E-state index >= 15 is 0 Å². The molecule has 6 nitrogen and oxygen atoms in total. The summed E-state index contributed by atoms with van der Waals surface area (Å²) in [6.45, 7) is 0.869. The van der Waals surface area contributed by atoms with Gasteiger partial charge in [-0.2, -0.15) is 11.8 Å². The molecule has 3 aromatic rings. The fourth-order valence-electron chi connectivity index (χ4n) is 3.50. The highest BCUT2D eigenvalue weighted by Gasteiger charge is 2.34. The number of amides is 1. The number of furan rings is 1. The molecule has 152 valence electrons. The number of nitrogens with one attached hydrogen (secondary N) is 1. The van der Waals surface area contributed by atoms with Crippen molar-refractivity contribution in [1.82, 2.24) is 5.32 Å². The first-order valence-electron chi connectivity index (χ1n) is 9.49. The van der Waals surface area contributed by atoms with E-state index in [1.807, 2.05) is 36.4 Å². The molecule has 0 aliphatic carbocycles. The molecular weight excluding hydrogens is 408 g/mol. The van der Waals surface area contributed by atoms with Crippen LogP contribution in [0, 0.1) is 0 Å². The Kier molecular flexibility index (Phi) is 5.82. The van der Waals surface area contributed by atoms with Crippen molar-refractivity contribution in [2.24, 2.45) is 0 Å². The summed E-state index contributed by atoms with van der Waals surface area (Å²) in [5.41, 5.74) is 0.702. The van der Waals surface area contributed by atoms with Crippen LogP contribution in [-0.2, 0) is 20.6 Å². The molecule has 4 rings (SSSR count). The van der Waals surface area contributed by atoms with Gasteiger partial charge in [0.1, 0.15) is 5.76 Å². The minimum Gasteiger partial charge on any atom is -0.468 e. The van der Waals surface area contributed by atoms with Crippen LogP contribution < -0.4 is 9.62 Å². The van der Waals surface area contributed by atoms with Crippen molar-refractivity contribution < 1.29 is 17.6 Å². The van der Waals surface area contributed by atoms with Gasteiger partial charge in [0, 0.05) is 30.6 Å². The van der Waals surface area contributed by atoms with Crippen LogP contribution in [0.3, 0.4) is 0 Å². The summed E-state index contributed by atoms with van der Waals surface area (Å²) in [5.74, 6) is 2.44. The first-order chi connectivity index (χ1) is 14.1. The van der Waals surface area contributed by atoms with Gasteiger partial charge in [0.2, 0.25) is 5.91 Å². The van der Waals surface area contributed by atoms with Crippen LogP contribution in [0.1, 0.15) is 18.6 Å². The summed E-state index contributed by atoms with van der Waals surface area (Å²) < 4.78 is 32.5. The summed E-state index contributed by atoms with van der Waals surface area (Å²) >= 11 is 1.69. The summed E-state index contributed by atoms with van der Waals surface area (Å²) in [4.78, 5) is 12.4. The molecule has 1 aromatic heterocycles. The van der Waals surface area contributed by atoms with Crippen molar-refractivity contribution in [2.75, 3.05) is 23.1 Å².